The molecule has 0 unspecified atom stereocenters. The molecule has 4 rings (SSSR count). The molecule has 4 nitrogen and oxygen atoms in total. The van der Waals surface area contributed by atoms with Gasteiger partial charge in [0, 0.05) is 22.0 Å². The normalized spacial score (nSPS) is 21.4. The molecular formula is C20H17BrN2O2S. The summed E-state index contributed by atoms with van der Waals surface area (Å²) >= 11 is 4.87. The van der Waals surface area contributed by atoms with Gasteiger partial charge in [-0.1, -0.05) is 34.1 Å². The van der Waals surface area contributed by atoms with Crippen LogP contribution >= 0.6 is 27.3 Å². The molecule has 132 valence electrons. The van der Waals surface area contributed by atoms with Crippen LogP contribution in [0.25, 0.3) is 0 Å². The molecule has 1 aliphatic carbocycles. The minimum Gasteiger partial charge on any atom is -0.508 e. The first-order valence-corrected chi connectivity index (χ1v) is 9.93. The van der Waals surface area contributed by atoms with Gasteiger partial charge in [0.05, 0.1) is 5.41 Å². The summed E-state index contributed by atoms with van der Waals surface area (Å²) in [4.78, 5) is 17.4. The van der Waals surface area contributed by atoms with Gasteiger partial charge in [0.25, 0.3) is 0 Å². The monoisotopic (exact) mass is 428 g/mol. The number of nitrogens with zero attached hydrogens (tertiary/aromatic N) is 1. The average molecular weight is 429 g/mol. The number of phenolic OH excluding ortho intramolecular Hbond substituents is 1. The van der Waals surface area contributed by atoms with E-state index in [1.54, 1.807) is 18.3 Å². The minimum absolute atomic E-state index is 0.0592. The number of halogens is 1. The highest BCUT2D eigenvalue weighted by atomic mass is 79.9. The van der Waals surface area contributed by atoms with Crippen LogP contribution in [0.2, 0.25) is 0 Å². The summed E-state index contributed by atoms with van der Waals surface area (Å²) in [7, 11) is 0. The van der Waals surface area contributed by atoms with Crippen LogP contribution in [0.3, 0.4) is 0 Å². The van der Waals surface area contributed by atoms with Crippen LogP contribution in [-0.4, -0.2) is 16.0 Å². The molecule has 2 aromatic carbocycles. The van der Waals surface area contributed by atoms with Crippen molar-refractivity contribution in [3.8, 4) is 5.75 Å². The highest BCUT2D eigenvalue weighted by Crippen LogP contribution is 2.52. The lowest BCUT2D eigenvalue weighted by Crippen LogP contribution is -2.37. The first kappa shape index (κ1) is 17.2. The SMILES string of the molecule is C[C@]1(C(=O)Nc2nccs2)Cc2ccc(O)cc2[C@H]1c1ccc(Br)cc1. The van der Waals surface area contributed by atoms with Crippen LogP contribution in [0.1, 0.15) is 29.5 Å². The number of hydrogen-bond donors (Lipinski definition) is 2. The quantitative estimate of drug-likeness (QED) is 0.620. The molecule has 0 saturated carbocycles. The number of hydrogen-bond acceptors (Lipinski definition) is 4. The summed E-state index contributed by atoms with van der Waals surface area (Å²) in [6, 6.07) is 13.4. The molecule has 6 heteroatoms. The van der Waals surface area contributed by atoms with Crippen LogP contribution in [0, 0.1) is 5.41 Å². The number of fused-ring (bicyclic) bond motifs is 1. The molecule has 1 heterocycles. The Morgan fingerprint density at radius 3 is 2.77 bits per heavy atom. The van der Waals surface area contributed by atoms with Crippen LogP contribution < -0.4 is 5.32 Å². The van der Waals surface area contributed by atoms with E-state index in [9.17, 15) is 9.90 Å². The number of anilines is 1. The number of carbonyl (C=O) groups is 1. The van der Waals surface area contributed by atoms with Crippen molar-refractivity contribution in [1.82, 2.24) is 4.98 Å². The molecule has 3 aromatic rings. The molecule has 0 fully saturated rings. The van der Waals surface area contributed by atoms with E-state index in [1.807, 2.05) is 42.6 Å². The van der Waals surface area contributed by atoms with Gasteiger partial charge in [0.2, 0.25) is 5.91 Å². The Labute approximate surface area is 164 Å². The highest BCUT2D eigenvalue weighted by molar-refractivity contribution is 9.10. The average Bonchev–Trinajstić information content (AvgIpc) is 3.22. The fourth-order valence-corrected chi connectivity index (χ4v) is 4.58. The van der Waals surface area contributed by atoms with Gasteiger partial charge in [-0.15, -0.1) is 11.3 Å². The summed E-state index contributed by atoms with van der Waals surface area (Å²) in [5.74, 6) is 0.0177. The van der Waals surface area contributed by atoms with Crippen molar-refractivity contribution in [2.75, 3.05) is 5.32 Å². The van der Waals surface area contributed by atoms with Crippen molar-refractivity contribution in [2.45, 2.75) is 19.3 Å². The smallest absolute Gasteiger partial charge is 0.233 e. The Bertz CT molecular complexity index is 956. The second-order valence-electron chi connectivity index (χ2n) is 6.75. The fraction of sp³-hybridized carbons (Fsp3) is 0.200. The number of aromatic hydroxyl groups is 1. The molecular weight excluding hydrogens is 412 g/mol. The van der Waals surface area contributed by atoms with Crippen LogP contribution in [0.5, 0.6) is 5.75 Å². The zero-order valence-corrected chi connectivity index (χ0v) is 16.5. The van der Waals surface area contributed by atoms with Gasteiger partial charge < -0.3 is 10.4 Å². The lowest BCUT2D eigenvalue weighted by Gasteiger charge is -2.31. The third-order valence-corrected chi connectivity index (χ3v) is 6.23. The summed E-state index contributed by atoms with van der Waals surface area (Å²) in [5.41, 5.74) is 2.47. The van der Waals surface area contributed by atoms with E-state index >= 15 is 0 Å². The van der Waals surface area contributed by atoms with Gasteiger partial charge in [0.1, 0.15) is 5.75 Å². The minimum atomic E-state index is -0.671. The predicted octanol–water partition coefficient (Wildman–Crippen LogP) is 4.94. The molecule has 0 spiro atoms. The number of amides is 1. The van der Waals surface area contributed by atoms with Gasteiger partial charge in [0.15, 0.2) is 5.13 Å². The maximum absolute atomic E-state index is 13.2. The first-order chi connectivity index (χ1) is 12.5. The third kappa shape index (κ3) is 2.93. The topological polar surface area (TPSA) is 62.2 Å². The Hall–Kier alpha value is -2.18. The summed E-state index contributed by atoms with van der Waals surface area (Å²) in [6.45, 7) is 1.99. The van der Waals surface area contributed by atoms with E-state index in [2.05, 4.69) is 26.2 Å². The van der Waals surface area contributed by atoms with Crippen LogP contribution in [-0.2, 0) is 11.2 Å². The van der Waals surface area contributed by atoms with Gasteiger partial charge in [-0.25, -0.2) is 4.98 Å². The van der Waals surface area contributed by atoms with E-state index in [0.29, 0.717) is 11.6 Å². The number of thiazole rings is 1. The van der Waals surface area contributed by atoms with E-state index in [4.69, 9.17) is 0 Å². The highest BCUT2D eigenvalue weighted by Gasteiger charge is 2.49. The number of rotatable bonds is 3. The molecule has 1 amide bonds. The number of nitrogens with one attached hydrogen (secondary N) is 1. The van der Waals surface area contributed by atoms with Crippen molar-refractivity contribution < 1.29 is 9.90 Å². The molecule has 0 radical (unpaired) electrons. The molecule has 0 aliphatic heterocycles. The van der Waals surface area contributed by atoms with Crippen LogP contribution in [0.15, 0.2) is 58.5 Å². The summed E-state index contributed by atoms with van der Waals surface area (Å²) in [6.07, 6.45) is 2.29. The van der Waals surface area contributed by atoms with Crippen molar-refractivity contribution in [1.29, 1.82) is 0 Å². The predicted molar refractivity (Wildman–Crippen MR) is 107 cm³/mol. The van der Waals surface area contributed by atoms with Crippen LogP contribution in [0.4, 0.5) is 5.13 Å². The molecule has 2 N–H and O–H groups in total. The van der Waals surface area contributed by atoms with Crippen molar-refractivity contribution in [2.24, 2.45) is 5.41 Å². The Kier molecular flexibility index (Phi) is 4.32. The standard InChI is InChI=1S/C20H17BrN2O2S/c1-20(18(25)23-19-22-8-9-26-19)11-13-4-7-15(24)10-16(13)17(20)12-2-5-14(21)6-3-12/h2-10,17,24H,11H2,1H3,(H,22,23,25)/t17-,20+/m1/s1. The molecule has 1 aromatic heterocycles. The maximum Gasteiger partial charge on any atom is 0.233 e. The second kappa shape index (κ2) is 6.52. The second-order valence-corrected chi connectivity index (χ2v) is 8.56. The van der Waals surface area contributed by atoms with E-state index in [1.165, 1.54) is 11.3 Å². The Morgan fingerprint density at radius 2 is 2.08 bits per heavy atom. The van der Waals surface area contributed by atoms with Crippen molar-refractivity contribution in [3.05, 3.63) is 75.2 Å². The van der Waals surface area contributed by atoms with E-state index in [0.717, 1.165) is 21.2 Å². The van der Waals surface area contributed by atoms with Gasteiger partial charge in [-0.3, -0.25) is 4.79 Å². The first-order valence-electron chi connectivity index (χ1n) is 8.25. The lowest BCUT2D eigenvalue weighted by atomic mass is 9.73. The number of carbonyl (C=O) groups excluding carboxylic acids is 1. The third-order valence-electron chi connectivity index (χ3n) is 5.01. The molecule has 0 saturated heterocycles. The van der Waals surface area contributed by atoms with Crippen molar-refractivity contribution >= 4 is 38.3 Å². The Balaban J connectivity index is 1.79. The zero-order chi connectivity index (χ0) is 18.3. The molecule has 2 atom stereocenters. The summed E-state index contributed by atoms with van der Waals surface area (Å²) < 4.78 is 0.990. The number of benzene rings is 2. The Morgan fingerprint density at radius 1 is 1.31 bits per heavy atom. The molecule has 1 aliphatic rings. The molecule has 26 heavy (non-hydrogen) atoms. The van der Waals surface area contributed by atoms with E-state index < -0.39 is 5.41 Å². The maximum atomic E-state index is 13.2. The largest absolute Gasteiger partial charge is 0.508 e. The van der Waals surface area contributed by atoms with Gasteiger partial charge in [-0.05, 0) is 54.3 Å². The van der Waals surface area contributed by atoms with E-state index in [-0.39, 0.29) is 17.6 Å². The zero-order valence-electron chi connectivity index (χ0n) is 14.1. The van der Waals surface area contributed by atoms with Gasteiger partial charge in [-0.2, -0.15) is 0 Å². The molecule has 0 bridgehead atoms. The lowest BCUT2D eigenvalue weighted by molar-refractivity contribution is -0.125. The fourth-order valence-electron chi connectivity index (χ4n) is 3.79. The summed E-state index contributed by atoms with van der Waals surface area (Å²) in [5, 5.41) is 15.4. The van der Waals surface area contributed by atoms with Crippen molar-refractivity contribution in [3.63, 3.8) is 0 Å². The number of aromatic nitrogens is 1. The van der Waals surface area contributed by atoms with Gasteiger partial charge >= 0.3 is 0 Å². The number of phenols is 1.